The Morgan fingerprint density at radius 1 is 1.30 bits per heavy atom. The third kappa shape index (κ3) is 2.19. The zero-order chi connectivity index (χ0) is 14.2. The van der Waals surface area contributed by atoms with Gasteiger partial charge in [0, 0.05) is 30.6 Å². The lowest BCUT2D eigenvalue weighted by Crippen LogP contribution is -2.29. The second kappa shape index (κ2) is 5.10. The first kappa shape index (κ1) is 13.5. The highest BCUT2D eigenvalue weighted by Gasteiger charge is 2.33. The summed E-state index contributed by atoms with van der Waals surface area (Å²) in [7, 11) is -3.60. The van der Waals surface area contributed by atoms with Crippen LogP contribution in [0.4, 0.5) is 4.39 Å². The maximum atomic E-state index is 12.7. The first-order chi connectivity index (χ1) is 9.63. The van der Waals surface area contributed by atoms with Crippen LogP contribution in [0.1, 0.15) is 6.42 Å². The molecule has 0 radical (unpaired) electrons. The summed E-state index contributed by atoms with van der Waals surface area (Å²) in [5, 5.41) is 0.787. The van der Waals surface area contributed by atoms with Crippen LogP contribution in [0.25, 0.3) is 10.9 Å². The Kier molecular flexibility index (Phi) is 3.43. The van der Waals surface area contributed by atoms with Crippen LogP contribution in [-0.2, 0) is 10.0 Å². The Labute approximate surface area is 117 Å². The van der Waals surface area contributed by atoms with Crippen molar-refractivity contribution in [3.05, 3.63) is 36.5 Å². The minimum absolute atomic E-state index is 0.187. The van der Waals surface area contributed by atoms with Crippen molar-refractivity contribution >= 4 is 20.9 Å². The van der Waals surface area contributed by atoms with E-state index in [2.05, 4.69) is 4.98 Å². The number of para-hydroxylation sites is 1. The van der Waals surface area contributed by atoms with Crippen LogP contribution in [-0.4, -0.2) is 37.5 Å². The maximum absolute atomic E-state index is 12.7. The number of sulfonamides is 1. The normalized spacial score (nSPS) is 20.6. The van der Waals surface area contributed by atoms with Gasteiger partial charge >= 0.3 is 0 Å². The molecule has 1 aromatic heterocycles. The number of fused-ring (bicyclic) bond motifs is 1. The van der Waals surface area contributed by atoms with E-state index in [4.69, 9.17) is 0 Å². The molecular formula is C14H15FN2O2S. The van der Waals surface area contributed by atoms with E-state index in [1.165, 1.54) is 4.31 Å². The van der Waals surface area contributed by atoms with Crippen molar-refractivity contribution in [1.82, 2.24) is 9.29 Å². The third-order valence-corrected chi connectivity index (χ3v) is 5.58. The SMILES string of the molecule is O=S(=O)(c1cccc2cccnc12)N1CCC(CF)C1. The smallest absolute Gasteiger partial charge is 0.245 e. The lowest BCUT2D eigenvalue weighted by molar-refractivity contribution is 0.366. The Morgan fingerprint density at radius 3 is 2.85 bits per heavy atom. The van der Waals surface area contributed by atoms with Crippen LogP contribution in [0.3, 0.4) is 0 Å². The Balaban J connectivity index is 2.06. The van der Waals surface area contributed by atoms with Crippen LogP contribution >= 0.6 is 0 Å². The van der Waals surface area contributed by atoms with Gasteiger partial charge in [-0.2, -0.15) is 4.31 Å². The zero-order valence-corrected chi connectivity index (χ0v) is 11.7. The van der Waals surface area contributed by atoms with Gasteiger partial charge in [-0.1, -0.05) is 18.2 Å². The van der Waals surface area contributed by atoms with Crippen LogP contribution < -0.4 is 0 Å². The second-order valence-corrected chi connectivity index (χ2v) is 6.91. The summed E-state index contributed by atoms with van der Waals surface area (Å²) >= 11 is 0. The fourth-order valence-corrected chi connectivity index (χ4v) is 4.26. The van der Waals surface area contributed by atoms with Crippen molar-refractivity contribution in [2.75, 3.05) is 19.8 Å². The number of benzene rings is 1. The van der Waals surface area contributed by atoms with Gasteiger partial charge in [0.2, 0.25) is 10.0 Å². The largest absolute Gasteiger partial charge is 0.255 e. The number of halogens is 1. The molecule has 1 saturated heterocycles. The Hall–Kier alpha value is -1.53. The number of pyridine rings is 1. The Morgan fingerprint density at radius 2 is 2.10 bits per heavy atom. The van der Waals surface area contributed by atoms with E-state index < -0.39 is 16.7 Å². The van der Waals surface area contributed by atoms with Crippen molar-refractivity contribution in [2.24, 2.45) is 5.92 Å². The first-order valence-electron chi connectivity index (χ1n) is 6.53. The summed E-state index contributed by atoms with van der Waals surface area (Å²) in [6, 6.07) is 8.70. The summed E-state index contributed by atoms with van der Waals surface area (Å²) in [4.78, 5) is 4.38. The molecule has 1 unspecified atom stereocenters. The van der Waals surface area contributed by atoms with Gasteiger partial charge in [0.25, 0.3) is 0 Å². The van der Waals surface area contributed by atoms with Gasteiger partial charge in [0.1, 0.15) is 4.90 Å². The van der Waals surface area contributed by atoms with E-state index in [1.807, 2.05) is 12.1 Å². The molecule has 0 spiro atoms. The second-order valence-electron chi connectivity index (χ2n) is 5.00. The quantitative estimate of drug-likeness (QED) is 0.872. The predicted octanol–water partition coefficient (Wildman–Crippen LogP) is 2.21. The number of rotatable bonds is 3. The van der Waals surface area contributed by atoms with Crippen molar-refractivity contribution in [2.45, 2.75) is 11.3 Å². The van der Waals surface area contributed by atoms with Gasteiger partial charge in [-0.25, -0.2) is 8.42 Å². The maximum Gasteiger partial charge on any atom is 0.245 e. The molecule has 20 heavy (non-hydrogen) atoms. The van der Waals surface area contributed by atoms with Crippen molar-refractivity contribution in [3.8, 4) is 0 Å². The summed E-state index contributed by atoms with van der Waals surface area (Å²) in [6.45, 7) is 0.155. The van der Waals surface area contributed by atoms with Crippen molar-refractivity contribution < 1.29 is 12.8 Å². The van der Waals surface area contributed by atoms with Gasteiger partial charge in [-0.15, -0.1) is 0 Å². The number of alkyl halides is 1. The van der Waals surface area contributed by atoms with E-state index in [1.54, 1.807) is 24.4 Å². The molecular weight excluding hydrogens is 279 g/mol. The molecule has 0 N–H and O–H groups in total. The minimum Gasteiger partial charge on any atom is -0.255 e. The van der Waals surface area contributed by atoms with Gasteiger partial charge in [-0.3, -0.25) is 9.37 Å². The lowest BCUT2D eigenvalue weighted by Gasteiger charge is -2.17. The van der Waals surface area contributed by atoms with Gasteiger partial charge in [0.15, 0.2) is 0 Å². The number of hydrogen-bond donors (Lipinski definition) is 0. The average molecular weight is 294 g/mol. The number of hydrogen-bond acceptors (Lipinski definition) is 3. The molecule has 3 rings (SSSR count). The highest BCUT2D eigenvalue weighted by Crippen LogP contribution is 2.28. The van der Waals surface area contributed by atoms with Gasteiger partial charge < -0.3 is 0 Å². The van der Waals surface area contributed by atoms with Crippen LogP contribution in [0.15, 0.2) is 41.4 Å². The summed E-state index contributed by atoms with van der Waals surface area (Å²) in [5.74, 6) is -0.187. The van der Waals surface area contributed by atoms with Crippen molar-refractivity contribution in [3.63, 3.8) is 0 Å². The summed E-state index contributed by atoms with van der Waals surface area (Å²) in [5.41, 5.74) is 0.471. The molecule has 1 aromatic carbocycles. The van der Waals surface area contributed by atoms with Gasteiger partial charge in [-0.05, 0) is 18.6 Å². The fourth-order valence-electron chi connectivity index (χ4n) is 2.56. The third-order valence-electron chi connectivity index (χ3n) is 3.68. The molecule has 2 aromatic rings. The van der Waals surface area contributed by atoms with E-state index in [0.717, 1.165) is 5.39 Å². The van der Waals surface area contributed by atoms with Gasteiger partial charge in [0.05, 0.1) is 12.2 Å². The fraction of sp³-hybridized carbons (Fsp3) is 0.357. The molecule has 1 atom stereocenters. The van der Waals surface area contributed by atoms with E-state index in [9.17, 15) is 12.8 Å². The molecule has 1 fully saturated rings. The average Bonchev–Trinajstić information content (AvgIpc) is 2.96. The zero-order valence-electron chi connectivity index (χ0n) is 10.9. The number of aromatic nitrogens is 1. The van der Waals surface area contributed by atoms with Crippen molar-refractivity contribution in [1.29, 1.82) is 0 Å². The molecule has 106 valence electrons. The lowest BCUT2D eigenvalue weighted by atomic mass is 10.1. The molecule has 0 amide bonds. The summed E-state index contributed by atoms with van der Waals surface area (Å²) < 4.78 is 39.4. The molecule has 2 heterocycles. The van der Waals surface area contributed by atoms with Crippen LogP contribution in [0.5, 0.6) is 0 Å². The topological polar surface area (TPSA) is 50.3 Å². The van der Waals surface area contributed by atoms with E-state index in [-0.39, 0.29) is 17.4 Å². The Bertz CT molecular complexity index is 728. The molecule has 0 saturated carbocycles. The van der Waals surface area contributed by atoms with Crippen LogP contribution in [0.2, 0.25) is 0 Å². The molecule has 4 nitrogen and oxygen atoms in total. The minimum atomic E-state index is -3.60. The highest BCUT2D eigenvalue weighted by molar-refractivity contribution is 7.89. The highest BCUT2D eigenvalue weighted by atomic mass is 32.2. The molecule has 6 heteroatoms. The van der Waals surface area contributed by atoms with E-state index in [0.29, 0.717) is 18.5 Å². The molecule has 1 aliphatic rings. The standard InChI is InChI=1S/C14H15FN2O2S/c15-9-11-6-8-17(10-11)20(18,19)13-5-1-3-12-4-2-7-16-14(12)13/h1-5,7,11H,6,8-10H2. The monoisotopic (exact) mass is 294 g/mol. The predicted molar refractivity (Wildman–Crippen MR) is 74.6 cm³/mol. The first-order valence-corrected chi connectivity index (χ1v) is 7.97. The molecule has 1 aliphatic heterocycles. The van der Waals surface area contributed by atoms with Crippen LogP contribution in [0, 0.1) is 5.92 Å². The summed E-state index contributed by atoms with van der Waals surface area (Å²) in [6.07, 6.45) is 2.16. The number of nitrogens with zero attached hydrogens (tertiary/aromatic N) is 2. The molecule has 0 aliphatic carbocycles. The molecule has 0 bridgehead atoms. The van der Waals surface area contributed by atoms with E-state index >= 15 is 0 Å².